The molecule has 5 rings (SSSR count). The summed E-state index contributed by atoms with van der Waals surface area (Å²) in [5.74, 6) is 0.927. The van der Waals surface area contributed by atoms with Gasteiger partial charge in [-0.1, -0.05) is 30.3 Å². The Hall–Kier alpha value is -4.66. The summed E-state index contributed by atoms with van der Waals surface area (Å²) < 4.78 is 12.9. The fraction of sp³-hybridized carbons (Fsp3) is 0.185. The number of nitrogens with one attached hydrogen (secondary N) is 2. The number of carbonyl (C=O) groups is 1. The summed E-state index contributed by atoms with van der Waals surface area (Å²) in [7, 11) is 3.24. The van der Waals surface area contributed by atoms with E-state index in [1.54, 1.807) is 25.0 Å². The highest BCUT2D eigenvalue weighted by molar-refractivity contribution is 5.95. The van der Waals surface area contributed by atoms with Crippen molar-refractivity contribution in [2.45, 2.75) is 12.8 Å². The number of benzene rings is 3. The maximum absolute atomic E-state index is 13.2. The molecule has 0 aliphatic carbocycles. The quantitative estimate of drug-likeness (QED) is 0.346. The maximum Gasteiger partial charge on any atom is 0.251 e. The van der Waals surface area contributed by atoms with Crippen LogP contribution in [-0.4, -0.2) is 51.9 Å². The molecule has 0 aliphatic rings. The fourth-order valence-electron chi connectivity index (χ4n) is 4.58. The summed E-state index contributed by atoms with van der Waals surface area (Å²) in [4.78, 5) is 16.6. The van der Waals surface area contributed by atoms with Crippen molar-refractivity contribution >= 4 is 16.8 Å². The number of H-pyrrole nitrogens is 1. The number of tetrazole rings is 1. The Bertz CT molecular complexity index is 1510. The topological polar surface area (TPSA) is 107 Å². The Balaban J connectivity index is 1.47. The number of ether oxygens (including phenoxy) is 2. The lowest BCUT2D eigenvalue weighted by Crippen LogP contribution is -2.29. The van der Waals surface area contributed by atoms with Gasteiger partial charge in [0.25, 0.3) is 5.91 Å². The smallest absolute Gasteiger partial charge is 0.251 e. The van der Waals surface area contributed by atoms with Crippen molar-refractivity contribution in [3.63, 3.8) is 0 Å². The molecule has 3 aromatic carbocycles. The van der Waals surface area contributed by atoms with Crippen LogP contribution in [0.1, 0.15) is 33.0 Å². The molecule has 2 N–H and O–H groups in total. The van der Waals surface area contributed by atoms with Gasteiger partial charge in [0.2, 0.25) is 0 Å². The number of hydrogen-bond acceptors (Lipinski definition) is 6. The van der Waals surface area contributed by atoms with Gasteiger partial charge >= 0.3 is 0 Å². The molecule has 2 heterocycles. The van der Waals surface area contributed by atoms with Crippen molar-refractivity contribution in [3.05, 3.63) is 95.4 Å². The number of fused-ring (bicyclic) bond motifs is 1. The molecule has 0 saturated heterocycles. The highest BCUT2D eigenvalue weighted by Gasteiger charge is 2.24. The van der Waals surface area contributed by atoms with Crippen molar-refractivity contribution in [1.82, 2.24) is 30.5 Å². The highest BCUT2D eigenvalue weighted by Crippen LogP contribution is 2.40. The minimum absolute atomic E-state index is 0.173. The highest BCUT2D eigenvalue weighted by atomic mass is 16.5. The SMILES string of the molecule is COc1cccc(C(CNC(=O)c2ccc(-n3cnnn3)c(C)c2)c2c[nH]c3ccccc23)c1OC. The normalized spacial score (nSPS) is 11.9. The van der Waals surface area contributed by atoms with Gasteiger partial charge in [-0.25, -0.2) is 4.68 Å². The molecule has 0 bridgehead atoms. The van der Waals surface area contributed by atoms with E-state index in [-0.39, 0.29) is 11.8 Å². The number of hydrogen-bond donors (Lipinski definition) is 2. The molecule has 182 valence electrons. The van der Waals surface area contributed by atoms with Crippen LogP contribution in [0, 0.1) is 6.92 Å². The lowest BCUT2D eigenvalue weighted by molar-refractivity contribution is 0.0952. The van der Waals surface area contributed by atoms with Gasteiger partial charge in [0, 0.05) is 40.7 Å². The van der Waals surface area contributed by atoms with Crippen LogP contribution in [0.2, 0.25) is 0 Å². The second-order valence-electron chi connectivity index (χ2n) is 8.39. The first-order valence-corrected chi connectivity index (χ1v) is 11.5. The van der Waals surface area contributed by atoms with E-state index >= 15 is 0 Å². The van der Waals surface area contributed by atoms with Crippen molar-refractivity contribution in [2.75, 3.05) is 20.8 Å². The van der Waals surface area contributed by atoms with Crippen LogP contribution in [0.25, 0.3) is 16.6 Å². The molecule has 0 saturated carbocycles. The van der Waals surface area contributed by atoms with Crippen molar-refractivity contribution < 1.29 is 14.3 Å². The van der Waals surface area contributed by atoms with Crippen molar-refractivity contribution in [2.24, 2.45) is 0 Å². The van der Waals surface area contributed by atoms with E-state index in [1.165, 1.54) is 6.33 Å². The Morgan fingerprint density at radius 3 is 2.67 bits per heavy atom. The van der Waals surface area contributed by atoms with Crippen molar-refractivity contribution in [1.29, 1.82) is 0 Å². The predicted molar refractivity (Wildman–Crippen MR) is 136 cm³/mol. The Kier molecular flexibility index (Phi) is 6.36. The summed E-state index contributed by atoms with van der Waals surface area (Å²) >= 11 is 0. The third kappa shape index (κ3) is 4.26. The first-order chi connectivity index (χ1) is 17.6. The Labute approximate surface area is 208 Å². The van der Waals surface area contributed by atoms with Crippen LogP contribution in [0.5, 0.6) is 11.5 Å². The molecule has 0 fully saturated rings. The Morgan fingerprint density at radius 2 is 1.92 bits per heavy atom. The van der Waals surface area contributed by atoms with Crippen molar-refractivity contribution in [3.8, 4) is 17.2 Å². The van der Waals surface area contributed by atoms with Gasteiger partial charge in [-0.2, -0.15) is 0 Å². The number of methoxy groups -OCH3 is 2. The fourth-order valence-corrected chi connectivity index (χ4v) is 4.58. The molecule has 9 nitrogen and oxygen atoms in total. The van der Waals surface area contributed by atoms with E-state index in [9.17, 15) is 4.79 Å². The molecule has 1 atom stereocenters. The van der Waals surface area contributed by atoms with Crippen LogP contribution < -0.4 is 14.8 Å². The molecule has 9 heteroatoms. The number of aromatic nitrogens is 5. The molecule has 2 aromatic heterocycles. The third-order valence-electron chi connectivity index (χ3n) is 6.33. The lowest BCUT2D eigenvalue weighted by Gasteiger charge is -2.22. The first kappa shape index (κ1) is 23.1. The van der Waals surface area contributed by atoms with Crippen LogP contribution in [-0.2, 0) is 0 Å². The molecule has 1 unspecified atom stereocenters. The number of para-hydroxylation sites is 2. The number of aromatic amines is 1. The number of carbonyl (C=O) groups excluding carboxylic acids is 1. The van der Waals surface area contributed by atoms with Gasteiger partial charge in [0.05, 0.1) is 19.9 Å². The Morgan fingerprint density at radius 1 is 1.06 bits per heavy atom. The van der Waals surface area contributed by atoms with Gasteiger partial charge < -0.3 is 19.8 Å². The third-order valence-corrected chi connectivity index (χ3v) is 6.33. The zero-order chi connectivity index (χ0) is 25.1. The molecule has 36 heavy (non-hydrogen) atoms. The molecule has 0 aliphatic heterocycles. The van der Waals surface area contributed by atoms with Gasteiger partial charge in [-0.3, -0.25) is 4.79 Å². The average Bonchev–Trinajstić information content (AvgIpc) is 3.59. The van der Waals surface area contributed by atoms with E-state index in [2.05, 4.69) is 31.9 Å². The molecular weight excluding hydrogens is 456 g/mol. The molecular formula is C27H26N6O3. The number of rotatable bonds is 8. The lowest BCUT2D eigenvalue weighted by atomic mass is 9.89. The van der Waals surface area contributed by atoms with E-state index < -0.39 is 0 Å². The van der Waals surface area contributed by atoms with Gasteiger partial charge in [-0.05, 0) is 58.8 Å². The largest absolute Gasteiger partial charge is 0.493 e. The number of amides is 1. The summed E-state index contributed by atoms with van der Waals surface area (Å²) in [6.45, 7) is 2.28. The van der Waals surface area contributed by atoms with Gasteiger partial charge in [0.1, 0.15) is 6.33 Å². The minimum atomic E-state index is -0.184. The van der Waals surface area contributed by atoms with E-state index in [0.29, 0.717) is 23.6 Å². The van der Waals surface area contributed by atoms with Gasteiger partial charge in [0.15, 0.2) is 11.5 Å². The summed E-state index contributed by atoms with van der Waals surface area (Å²) in [5.41, 5.74) is 5.26. The number of nitrogens with zero attached hydrogens (tertiary/aromatic N) is 4. The second-order valence-corrected chi connectivity index (χ2v) is 8.39. The standard InChI is InChI=1S/C27H26N6O3/c1-17-13-18(11-12-24(17)33-16-30-31-32-33)27(34)29-15-22(20-8-6-10-25(35-2)26(20)36-3)21-14-28-23-9-5-4-7-19(21)23/h4-14,16,22,28H,15H2,1-3H3,(H,29,34). The second kappa shape index (κ2) is 9.91. The van der Waals surface area contributed by atoms with Gasteiger partial charge in [-0.15, -0.1) is 5.10 Å². The predicted octanol–water partition coefficient (Wildman–Crippen LogP) is 4.03. The average molecular weight is 483 g/mol. The van der Waals surface area contributed by atoms with E-state index in [4.69, 9.17) is 9.47 Å². The van der Waals surface area contributed by atoms with E-state index in [0.717, 1.165) is 33.3 Å². The summed E-state index contributed by atoms with van der Waals surface area (Å²) in [6, 6.07) is 19.3. The maximum atomic E-state index is 13.2. The minimum Gasteiger partial charge on any atom is -0.493 e. The molecule has 1 amide bonds. The van der Waals surface area contributed by atoms with Crippen LogP contribution in [0.15, 0.2) is 73.2 Å². The van der Waals surface area contributed by atoms with Crippen LogP contribution >= 0.6 is 0 Å². The summed E-state index contributed by atoms with van der Waals surface area (Å²) in [6.07, 6.45) is 3.51. The first-order valence-electron chi connectivity index (χ1n) is 11.5. The van der Waals surface area contributed by atoms with Crippen LogP contribution in [0.4, 0.5) is 0 Å². The van der Waals surface area contributed by atoms with E-state index in [1.807, 2.05) is 61.7 Å². The zero-order valence-corrected chi connectivity index (χ0v) is 20.2. The molecule has 0 spiro atoms. The van der Waals surface area contributed by atoms with Crippen LogP contribution in [0.3, 0.4) is 0 Å². The molecule has 5 aromatic rings. The monoisotopic (exact) mass is 482 g/mol. The molecule has 0 radical (unpaired) electrons. The zero-order valence-electron chi connectivity index (χ0n) is 20.2. The number of aryl methyl sites for hydroxylation is 1. The summed E-state index contributed by atoms with van der Waals surface area (Å²) in [5, 5.41) is 15.5.